The fourth-order valence-electron chi connectivity index (χ4n) is 2.55. The molecule has 0 fully saturated rings. The van der Waals surface area contributed by atoms with Crippen LogP contribution in [0.1, 0.15) is 12.3 Å². The van der Waals surface area contributed by atoms with Crippen molar-refractivity contribution in [1.82, 2.24) is 10.1 Å². The van der Waals surface area contributed by atoms with E-state index in [0.29, 0.717) is 22.8 Å². The standard InChI is InChI=1S/C19H18N4O6/c1-27-16-9-5-2-6-13(16)19-21-17(29-22-19)12-28-18(24)10-11-20-14-7-3-4-8-15(14)23(25)26/h2-9,20H,10-12H2,1H3. The van der Waals surface area contributed by atoms with Crippen molar-refractivity contribution >= 4 is 17.3 Å². The number of nitrogens with zero attached hydrogens (tertiary/aromatic N) is 3. The van der Waals surface area contributed by atoms with Crippen molar-refractivity contribution in [3.05, 3.63) is 64.5 Å². The quantitative estimate of drug-likeness (QED) is 0.328. The van der Waals surface area contributed by atoms with E-state index >= 15 is 0 Å². The van der Waals surface area contributed by atoms with Gasteiger partial charge < -0.3 is 19.3 Å². The number of carbonyl (C=O) groups excluding carboxylic acids is 1. The minimum atomic E-state index is -0.506. The Bertz CT molecular complexity index is 1000. The van der Waals surface area contributed by atoms with Crippen LogP contribution < -0.4 is 10.1 Å². The van der Waals surface area contributed by atoms with Gasteiger partial charge in [0.05, 0.1) is 24.0 Å². The molecule has 0 saturated heterocycles. The first kappa shape index (κ1) is 19.8. The lowest BCUT2D eigenvalue weighted by atomic mass is 10.2. The van der Waals surface area contributed by atoms with Gasteiger partial charge in [0.25, 0.3) is 11.6 Å². The van der Waals surface area contributed by atoms with Crippen LogP contribution in [-0.4, -0.2) is 34.7 Å². The van der Waals surface area contributed by atoms with Gasteiger partial charge in [-0.25, -0.2) is 0 Å². The number of carbonyl (C=O) groups is 1. The predicted octanol–water partition coefficient (Wildman–Crippen LogP) is 3.20. The third-order valence-electron chi connectivity index (χ3n) is 3.92. The van der Waals surface area contributed by atoms with Gasteiger partial charge in [0, 0.05) is 12.6 Å². The van der Waals surface area contributed by atoms with Crippen molar-refractivity contribution < 1.29 is 23.7 Å². The second-order valence-corrected chi connectivity index (χ2v) is 5.82. The van der Waals surface area contributed by atoms with Crippen LogP contribution in [0.5, 0.6) is 5.75 Å². The van der Waals surface area contributed by atoms with Crippen molar-refractivity contribution in [2.75, 3.05) is 19.0 Å². The molecule has 0 saturated carbocycles. The van der Waals surface area contributed by atoms with Gasteiger partial charge in [-0.1, -0.05) is 29.4 Å². The molecule has 10 nitrogen and oxygen atoms in total. The van der Waals surface area contributed by atoms with E-state index in [0.717, 1.165) is 0 Å². The molecule has 0 bridgehead atoms. The third kappa shape index (κ3) is 5.06. The Morgan fingerprint density at radius 2 is 1.97 bits per heavy atom. The van der Waals surface area contributed by atoms with Gasteiger partial charge in [0.15, 0.2) is 6.61 Å². The number of ether oxygens (including phenoxy) is 2. The first-order chi connectivity index (χ1) is 14.1. The zero-order chi connectivity index (χ0) is 20.6. The van der Waals surface area contributed by atoms with E-state index in [1.165, 1.54) is 6.07 Å². The number of hydrogen-bond acceptors (Lipinski definition) is 9. The second-order valence-electron chi connectivity index (χ2n) is 5.82. The van der Waals surface area contributed by atoms with Gasteiger partial charge in [-0.05, 0) is 18.2 Å². The van der Waals surface area contributed by atoms with E-state index in [-0.39, 0.29) is 31.2 Å². The molecule has 0 aliphatic rings. The highest BCUT2D eigenvalue weighted by atomic mass is 16.6. The highest BCUT2D eigenvalue weighted by molar-refractivity contribution is 5.70. The minimum absolute atomic E-state index is 0.0134. The van der Waals surface area contributed by atoms with Crippen molar-refractivity contribution in [1.29, 1.82) is 0 Å². The Kier molecular flexibility index (Phi) is 6.36. The maximum absolute atomic E-state index is 11.9. The van der Waals surface area contributed by atoms with Crippen molar-refractivity contribution in [2.45, 2.75) is 13.0 Å². The van der Waals surface area contributed by atoms with E-state index in [1.54, 1.807) is 37.4 Å². The molecule has 0 radical (unpaired) electrons. The molecule has 1 heterocycles. The highest BCUT2D eigenvalue weighted by Crippen LogP contribution is 2.27. The van der Waals surface area contributed by atoms with Gasteiger partial charge in [-0.3, -0.25) is 14.9 Å². The summed E-state index contributed by atoms with van der Waals surface area (Å²) in [6, 6.07) is 13.4. The molecule has 150 valence electrons. The molecular weight excluding hydrogens is 380 g/mol. The summed E-state index contributed by atoms with van der Waals surface area (Å²) in [6.45, 7) is 0.00640. The normalized spacial score (nSPS) is 10.4. The number of esters is 1. The summed E-state index contributed by atoms with van der Waals surface area (Å²) in [7, 11) is 1.54. The topological polar surface area (TPSA) is 130 Å². The summed E-state index contributed by atoms with van der Waals surface area (Å²) in [5.41, 5.74) is 0.934. The summed E-state index contributed by atoms with van der Waals surface area (Å²) < 4.78 is 15.5. The molecule has 0 spiro atoms. The second kappa shape index (κ2) is 9.31. The Labute approximate surface area is 165 Å². The first-order valence-corrected chi connectivity index (χ1v) is 8.67. The fourth-order valence-corrected chi connectivity index (χ4v) is 2.55. The average molecular weight is 398 g/mol. The number of nitro benzene ring substituents is 1. The van der Waals surface area contributed by atoms with Crippen LogP contribution in [0.25, 0.3) is 11.4 Å². The number of hydrogen-bond donors (Lipinski definition) is 1. The lowest BCUT2D eigenvalue weighted by Crippen LogP contribution is -2.12. The maximum atomic E-state index is 11.9. The number of aromatic nitrogens is 2. The number of methoxy groups -OCH3 is 1. The molecule has 0 aliphatic carbocycles. The first-order valence-electron chi connectivity index (χ1n) is 8.67. The highest BCUT2D eigenvalue weighted by Gasteiger charge is 2.15. The number of nitro groups is 1. The molecule has 0 unspecified atom stereocenters. The molecule has 10 heteroatoms. The smallest absolute Gasteiger partial charge is 0.308 e. The molecule has 0 amide bonds. The molecule has 0 aliphatic heterocycles. The summed E-state index contributed by atoms with van der Waals surface area (Å²) in [5.74, 6) is 0.559. The summed E-state index contributed by atoms with van der Waals surface area (Å²) in [6.07, 6.45) is 0.0134. The van der Waals surface area contributed by atoms with Crippen LogP contribution in [0.15, 0.2) is 53.1 Å². The van der Waals surface area contributed by atoms with E-state index in [2.05, 4.69) is 15.5 Å². The Morgan fingerprint density at radius 1 is 1.21 bits per heavy atom. The van der Waals surface area contributed by atoms with Crippen molar-refractivity contribution in [3.63, 3.8) is 0 Å². The number of para-hydroxylation sites is 3. The SMILES string of the molecule is COc1ccccc1-c1noc(COC(=O)CCNc2ccccc2[N+](=O)[O-])n1. The molecule has 3 aromatic rings. The zero-order valence-corrected chi connectivity index (χ0v) is 15.5. The lowest BCUT2D eigenvalue weighted by molar-refractivity contribution is -0.384. The van der Waals surface area contributed by atoms with Crippen LogP contribution in [0, 0.1) is 10.1 Å². The van der Waals surface area contributed by atoms with Gasteiger partial charge in [0.2, 0.25) is 5.82 Å². The summed E-state index contributed by atoms with van der Waals surface area (Å²) >= 11 is 0. The predicted molar refractivity (Wildman–Crippen MR) is 102 cm³/mol. The monoisotopic (exact) mass is 398 g/mol. The van der Waals surface area contributed by atoms with Crippen LogP contribution in [0.4, 0.5) is 11.4 Å². The summed E-state index contributed by atoms with van der Waals surface area (Å²) in [5, 5.41) is 17.7. The fraction of sp³-hybridized carbons (Fsp3) is 0.211. The third-order valence-corrected chi connectivity index (χ3v) is 3.92. The van der Waals surface area contributed by atoms with E-state index in [4.69, 9.17) is 14.0 Å². The zero-order valence-electron chi connectivity index (χ0n) is 15.5. The van der Waals surface area contributed by atoms with Crippen LogP contribution >= 0.6 is 0 Å². The van der Waals surface area contributed by atoms with Crippen molar-refractivity contribution in [3.8, 4) is 17.1 Å². The van der Waals surface area contributed by atoms with Crippen LogP contribution in [0.2, 0.25) is 0 Å². The number of rotatable bonds is 9. The Morgan fingerprint density at radius 3 is 2.76 bits per heavy atom. The van der Waals surface area contributed by atoms with Gasteiger partial charge >= 0.3 is 5.97 Å². The van der Waals surface area contributed by atoms with Gasteiger partial charge in [-0.15, -0.1) is 0 Å². The van der Waals surface area contributed by atoms with E-state index in [9.17, 15) is 14.9 Å². The van der Waals surface area contributed by atoms with E-state index in [1.807, 2.05) is 12.1 Å². The molecule has 0 atom stereocenters. The molecule has 2 aromatic carbocycles. The molecule has 29 heavy (non-hydrogen) atoms. The number of benzene rings is 2. The van der Waals surface area contributed by atoms with Crippen LogP contribution in [0.3, 0.4) is 0 Å². The molecule has 1 aromatic heterocycles. The Balaban J connectivity index is 1.49. The molecule has 1 N–H and O–H groups in total. The lowest BCUT2D eigenvalue weighted by Gasteiger charge is -2.06. The Hall–Kier alpha value is -3.95. The van der Waals surface area contributed by atoms with Gasteiger partial charge in [0.1, 0.15) is 11.4 Å². The van der Waals surface area contributed by atoms with Gasteiger partial charge in [-0.2, -0.15) is 4.98 Å². The van der Waals surface area contributed by atoms with Crippen molar-refractivity contribution in [2.24, 2.45) is 0 Å². The minimum Gasteiger partial charge on any atom is -0.496 e. The van der Waals surface area contributed by atoms with E-state index < -0.39 is 10.9 Å². The maximum Gasteiger partial charge on any atom is 0.308 e. The summed E-state index contributed by atoms with van der Waals surface area (Å²) in [4.78, 5) is 26.6. The number of nitrogens with one attached hydrogen (secondary N) is 1. The molecule has 3 rings (SSSR count). The average Bonchev–Trinajstić information content (AvgIpc) is 3.21. The molecular formula is C19H18N4O6. The number of anilines is 1. The van der Waals surface area contributed by atoms with Crippen LogP contribution in [-0.2, 0) is 16.1 Å². The largest absolute Gasteiger partial charge is 0.496 e.